The standard InChI is InChI=1S/C25H29F2N5O/c1-14-7-20-24(29-15(2)9-23(33)30-20)22(8-14)32-6-4-5-16-10-18(17-12-28-31(3)13-17)19(25(26)27)11-21(16)32/h8,10-15,25,29H,4-7,9H2,1-3H3,(H,30,33). The molecule has 8 heteroatoms. The third-order valence-electron chi connectivity index (χ3n) is 6.61. The highest BCUT2D eigenvalue weighted by Gasteiger charge is 2.32. The van der Waals surface area contributed by atoms with Crippen LogP contribution in [-0.4, -0.2) is 28.3 Å². The van der Waals surface area contributed by atoms with Gasteiger partial charge in [0.15, 0.2) is 0 Å². The maximum atomic E-state index is 14.2. The van der Waals surface area contributed by atoms with E-state index in [-0.39, 0.29) is 23.4 Å². The van der Waals surface area contributed by atoms with Crippen molar-refractivity contribution in [3.63, 3.8) is 0 Å². The molecule has 174 valence electrons. The minimum atomic E-state index is -2.60. The molecule has 3 heterocycles. The zero-order chi connectivity index (χ0) is 23.3. The van der Waals surface area contributed by atoms with Crippen molar-refractivity contribution in [3.05, 3.63) is 58.8 Å². The monoisotopic (exact) mass is 453 g/mol. The SMILES string of the molecule is CC1C=C(N2CCCc3cc(-c4cnn(C)c4)c(C(F)F)cc32)C2=C(C1)NC(=O)CC(C)N2. The van der Waals surface area contributed by atoms with Crippen LogP contribution in [0.4, 0.5) is 14.5 Å². The van der Waals surface area contributed by atoms with Crippen molar-refractivity contribution in [1.82, 2.24) is 20.4 Å². The summed E-state index contributed by atoms with van der Waals surface area (Å²) >= 11 is 0. The van der Waals surface area contributed by atoms with Crippen LogP contribution in [0.3, 0.4) is 0 Å². The molecule has 2 unspecified atom stereocenters. The third kappa shape index (κ3) is 4.03. The molecular formula is C25H29F2N5O. The maximum absolute atomic E-state index is 14.2. The quantitative estimate of drug-likeness (QED) is 0.723. The second kappa shape index (κ2) is 8.32. The summed E-state index contributed by atoms with van der Waals surface area (Å²) < 4.78 is 30.0. The maximum Gasteiger partial charge on any atom is 0.264 e. The van der Waals surface area contributed by atoms with E-state index >= 15 is 0 Å². The summed E-state index contributed by atoms with van der Waals surface area (Å²) in [6.45, 7) is 4.84. The number of hydrogen-bond donors (Lipinski definition) is 2. The fourth-order valence-corrected chi connectivity index (χ4v) is 5.17. The van der Waals surface area contributed by atoms with Gasteiger partial charge in [-0.2, -0.15) is 5.10 Å². The zero-order valence-electron chi connectivity index (χ0n) is 19.2. The van der Waals surface area contributed by atoms with Crippen molar-refractivity contribution in [2.75, 3.05) is 11.4 Å². The van der Waals surface area contributed by atoms with Crippen LogP contribution in [0.1, 0.15) is 50.7 Å². The Hall–Kier alpha value is -3.16. The average molecular weight is 454 g/mol. The number of aromatic nitrogens is 2. The summed E-state index contributed by atoms with van der Waals surface area (Å²) in [5, 5.41) is 10.8. The van der Waals surface area contributed by atoms with E-state index < -0.39 is 6.43 Å². The van der Waals surface area contributed by atoms with Gasteiger partial charge >= 0.3 is 0 Å². The number of carbonyl (C=O) groups is 1. The van der Waals surface area contributed by atoms with E-state index in [4.69, 9.17) is 0 Å². The molecule has 0 fully saturated rings. The predicted octanol–water partition coefficient (Wildman–Crippen LogP) is 4.41. The van der Waals surface area contributed by atoms with Gasteiger partial charge in [-0.05, 0) is 55.4 Å². The van der Waals surface area contributed by atoms with Crippen molar-refractivity contribution in [2.45, 2.75) is 52.0 Å². The number of benzene rings is 1. The Labute approximate surface area is 192 Å². The number of anilines is 1. The second-order valence-corrected chi connectivity index (χ2v) is 9.41. The first-order valence-electron chi connectivity index (χ1n) is 11.5. The Morgan fingerprint density at radius 3 is 2.76 bits per heavy atom. The van der Waals surface area contributed by atoms with Crippen LogP contribution in [0.25, 0.3) is 11.1 Å². The van der Waals surface area contributed by atoms with Crippen LogP contribution in [0.2, 0.25) is 0 Å². The molecule has 0 saturated heterocycles. The number of halogens is 2. The lowest BCUT2D eigenvalue weighted by molar-refractivity contribution is -0.120. The number of aryl methyl sites for hydroxylation is 2. The number of amides is 1. The molecule has 3 aliphatic rings. The van der Waals surface area contributed by atoms with Crippen LogP contribution < -0.4 is 15.5 Å². The molecule has 2 aliphatic heterocycles. The molecule has 0 spiro atoms. The van der Waals surface area contributed by atoms with E-state index in [9.17, 15) is 13.6 Å². The number of hydrogen-bond acceptors (Lipinski definition) is 4. The lowest BCUT2D eigenvalue weighted by Crippen LogP contribution is -2.37. The van der Waals surface area contributed by atoms with Crippen molar-refractivity contribution >= 4 is 11.6 Å². The second-order valence-electron chi connectivity index (χ2n) is 9.41. The first-order valence-corrected chi connectivity index (χ1v) is 11.5. The number of alkyl halides is 2. The van der Waals surface area contributed by atoms with Crippen LogP contribution in [0.5, 0.6) is 0 Å². The molecule has 5 rings (SSSR count). The van der Waals surface area contributed by atoms with E-state index in [2.05, 4.69) is 33.6 Å². The van der Waals surface area contributed by atoms with Crippen molar-refractivity contribution in [2.24, 2.45) is 13.0 Å². The number of rotatable bonds is 3. The molecule has 0 saturated carbocycles. The summed E-state index contributed by atoms with van der Waals surface area (Å²) in [4.78, 5) is 14.5. The number of carbonyl (C=O) groups excluding carboxylic acids is 1. The van der Waals surface area contributed by atoms with Gasteiger partial charge in [0.25, 0.3) is 6.43 Å². The van der Waals surface area contributed by atoms with E-state index in [1.807, 2.05) is 13.0 Å². The summed E-state index contributed by atoms with van der Waals surface area (Å²) in [6, 6.07) is 3.55. The van der Waals surface area contributed by atoms with E-state index in [1.54, 1.807) is 30.2 Å². The van der Waals surface area contributed by atoms with E-state index in [0.717, 1.165) is 54.1 Å². The van der Waals surface area contributed by atoms with Gasteiger partial charge in [0.1, 0.15) is 0 Å². The van der Waals surface area contributed by atoms with Crippen LogP contribution in [0, 0.1) is 5.92 Å². The number of nitrogens with zero attached hydrogens (tertiary/aromatic N) is 3. The van der Waals surface area contributed by atoms with Gasteiger partial charge in [0.2, 0.25) is 5.91 Å². The predicted molar refractivity (Wildman–Crippen MR) is 124 cm³/mol. The molecule has 1 aliphatic carbocycles. The van der Waals surface area contributed by atoms with Crippen LogP contribution in [0.15, 0.2) is 47.7 Å². The van der Waals surface area contributed by atoms with E-state index in [0.29, 0.717) is 17.5 Å². The molecule has 1 aromatic carbocycles. The molecule has 1 amide bonds. The molecule has 6 nitrogen and oxygen atoms in total. The Kier molecular flexibility index (Phi) is 5.46. The highest BCUT2D eigenvalue weighted by atomic mass is 19.3. The van der Waals surface area contributed by atoms with Crippen molar-refractivity contribution < 1.29 is 13.6 Å². The van der Waals surface area contributed by atoms with Gasteiger partial charge in [-0.1, -0.05) is 13.0 Å². The Bertz CT molecular complexity index is 1170. The number of fused-ring (bicyclic) bond motifs is 1. The van der Waals surface area contributed by atoms with Gasteiger partial charge in [0, 0.05) is 54.8 Å². The Balaban J connectivity index is 1.62. The van der Waals surface area contributed by atoms with Gasteiger partial charge in [-0.3, -0.25) is 9.48 Å². The van der Waals surface area contributed by atoms with Gasteiger partial charge in [-0.15, -0.1) is 0 Å². The first-order chi connectivity index (χ1) is 15.8. The third-order valence-corrected chi connectivity index (χ3v) is 6.61. The lowest BCUT2D eigenvalue weighted by Gasteiger charge is -2.38. The smallest absolute Gasteiger partial charge is 0.264 e. The van der Waals surface area contributed by atoms with Crippen LogP contribution >= 0.6 is 0 Å². The largest absolute Gasteiger partial charge is 0.379 e. The molecule has 33 heavy (non-hydrogen) atoms. The molecule has 0 bridgehead atoms. The molecule has 1 aromatic heterocycles. The minimum Gasteiger partial charge on any atom is -0.379 e. The van der Waals surface area contributed by atoms with Crippen molar-refractivity contribution in [3.8, 4) is 11.1 Å². The average Bonchev–Trinajstić information content (AvgIpc) is 3.13. The summed E-state index contributed by atoms with van der Waals surface area (Å²) in [5.74, 6) is 0.234. The number of allylic oxidation sites excluding steroid dienone is 2. The topological polar surface area (TPSA) is 62.2 Å². The normalized spacial score (nSPS) is 22.9. The fraction of sp³-hybridized carbons (Fsp3) is 0.440. The molecular weight excluding hydrogens is 424 g/mol. The Morgan fingerprint density at radius 2 is 2.03 bits per heavy atom. The van der Waals surface area contributed by atoms with E-state index in [1.165, 1.54) is 0 Å². The van der Waals surface area contributed by atoms with Gasteiger partial charge in [-0.25, -0.2) is 8.78 Å². The first kappa shape index (κ1) is 21.7. The fourth-order valence-electron chi connectivity index (χ4n) is 5.17. The summed E-state index contributed by atoms with van der Waals surface area (Å²) in [6.07, 6.45) is 5.90. The van der Waals surface area contributed by atoms with Crippen LogP contribution in [-0.2, 0) is 18.3 Å². The van der Waals surface area contributed by atoms with Crippen molar-refractivity contribution in [1.29, 1.82) is 0 Å². The highest BCUT2D eigenvalue weighted by molar-refractivity contribution is 5.80. The Morgan fingerprint density at radius 1 is 1.21 bits per heavy atom. The minimum absolute atomic E-state index is 0.00796. The highest BCUT2D eigenvalue weighted by Crippen LogP contribution is 2.42. The summed E-state index contributed by atoms with van der Waals surface area (Å²) in [7, 11) is 1.78. The summed E-state index contributed by atoms with van der Waals surface area (Å²) in [5.41, 5.74) is 5.90. The van der Waals surface area contributed by atoms with Gasteiger partial charge in [0.05, 0.1) is 17.6 Å². The van der Waals surface area contributed by atoms with Gasteiger partial charge < -0.3 is 15.5 Å². The number of nitrogens with one attached hydrogen (secondary N) is 2. The molecule has 0 radical (unpaired) electrons. The molecule has 2 atom stereocenters. The molecule has 2 N–H and O–H groups in total. The zero-order valence-corrected chi connectivity index (χ0v) is 19.2. The molecule has 2 aromatic rings. The lowest BCUT2D eigenvalue weighted by atomic mass is 9.90.